The van der Waals surface area contributed by atoms with Crippen LogP contribution >= 0.6 is 0 Å². The molecule has 0 saturated heterocycles. The molecule has 274 valence electrons. The Morgan fingerprint density at radius 2 is 1.02 bits per heavy atom. The SMILES string of the molecule is CC(C)(C)c1cc2c3c(c1)C(C)(C)c1cc(-n4c5c(c6ccccc64)CCCC5)ccc1B3c1cc(-n3c4c(c5ccccc53)CCCC4)ccc1C2(C)C. The molecule has 55 heavy (non-hydrogen) atoms. The molecule has 0 atom stereocenters. The van der Waals surface area contributed by atoms with Gasteiger partial charge in [0.2, 0.25) is 6.71 Å². The van der Waals surface area contributed by atoms with E-state index in [1.165, 1.54) is 122 Å². The van der Waals surface area contributed by atoms with Crippen molar-refractivity contribution >= 4 is 44.9 Å². The number of hydrogen-bond donors (Lipinski definition) is 0. The molecule has 0 spiro atoms. The van der Waals surface area contributed by atoms with Crippen LogP contribution in [0.2, 0.25) is 0 Å². The summed E-state index contributed by atoms with van der Waals surface area (Å²) in [6, 6.07) is 38.7. The lowest BCUT2D eigenvalue weighted by molar-refractivity contribution is 0.572. The summed E-state index contributed by atoms with van der Waals surface area (Å²) in [5.74, 6) is 0. The van der Waals surface area contributed by atoms with Crippen LogP contribution in [0.5, 0.6) is 0 Å². The summed E-state index contributed by atoms with van der Waals surface area (Å²) in [5, 5.41) is 2.88. The largest absolute Gasteiger partial charge is 0.313 e. The Balaban J connectivity index is 1.19. The van der Waals surface area contributed by atoms with Crippen molar-refractivity contribution in [2.24, 2.45) is 0 Å². The first-order chi connectivity index (χ1) is 26.4. The highest BCUT2D eigenvalue weighted by atomic mass is 15.0. The molecule has 2 aliphatic heterocycles. The van der Waals surface area contributed by atoms with Crippen LogP contribution in [-0.2, 0) is 41.9 Å². The van der Waals surface area contributed by atoms with Gasteiger partial charge in [-0.05, 0) is 132 Å². The van der Waals surface area contributed by atoms with E-state index in [1.54, 1.807) is 16.6 Å². The molecule has 2 aliphatic carbocycles. The van der Waals surface area contributed by atoms with Crippen molar-refractivity contribution < 1.29 is 0 Å². The summed E-state index contributed by atoms with van der Waals surface area (Å²) in [6.07, 6.45) is 9.77. The summed E-state index contributed by atoms with van der Waals surface area (Å²) < 4.78 is 5.26. The van der Waals surface area contributed by atoms with Crippen LogP contribution in [0.1, 0.15) is 124 Å². The zero-order chi connectivity index (χ0) is 37.6. The summed E-state index contributed by atoms with van der Waals surface area (Å²) >= 11 is 0. The zero-order valence-corrected chi connectivity index (χ0v) is 33.9. The van der Waals surface area contributed by atoms with Gasteiger partial charge >= 0.3 is 0 Å². The van der Waals surface area contributed by atoms with E-state index in [0.717, 1.165) is 12.8 Å². The second-order valence-electron chi connectivity index (χ2n) is 19.4. The summed E-state index contributed by atoms with van der Waals surface area (Å²) in [6.45, 7) is 17.3. The van der Waals surface area contributed by atoms with Crippen molar-refractivity contribution in [3.05, 3.63) is 147 Å². The Hall–Kier alpha value is -4.76. The van der Waals surface area contributed by atoms with Crippen molar-refractivity contribution in [1.82, 2.24) is 9.13 Å². The van der Waals surface area contributed by atoms with Crippen molar-refractivity contribution in [3.63, 3.8) is 0 Å². The average molecular weight is 717 g/mol. The predicted octanol–water partition coefficient (Wildman–Crippen LogP) is 10.4. The number of hydrogen-bond acceptors (Lipinski definition) is 0. The van der Waals surface area contributed by atoms with Crippen LogP contribution in [0.25, 0.3) is 33.2 Å². The molecule has 3 heteroatoms. The first-order valence-corrected chi connectivity index (χ1v) is 21.2. The van der Waals surface area contributed by atoms with Crippen molar-refractivity contribution in [1.29, 1.82) is 0 Å². The molecule has 0 radical (unpaired) electrons. The number of fused-ring (bicyclic) bond motifs is 10. The van der Waals surface area contributed by atoms with Crippen molar-refractivity contribution in [2.75, 3.05) is 0 Å². The lowest BCUT2D eigenvalue weighted by Crippen LogP contribution is -2.66. The fourth-order valence-electron chi connectivity index (χ4n) is 11.8. The maximum atomic E-state index is 2.63. The van der Waals surface area contributed by atoms with Crippen LogP contribution in [0.4, 0.5) is 0 Å². The Labute approximate surface area is 327 Å². The lowest BCUT2D eigenvalue weighted by atomic mass is 9.27. The van der Waals surface area contributed by atoms with Crippen LogP contribution in [0.3, 0.4) is 0 Å². The molecule has 11 rings (SSSR count). The quantitative estimate of drug-likeness (QED) is 0.158. The number of para-hydroxylation sites is 2. The van der Waals surface area contributed by atoms with E-state index in [2.05, 4.69) is 155 Å². The van der Waals surface area contributed by atoms with Gasteiger partial charge in [-0.25, -0.2) is 0 Å². The zero-order valence-electron chi connectivity index (χ0n) is 33.9. The predicted molar refractivity (Wildman–Crippen MR) is 234 cm³/mol. The van der Waals surface area contributed by atoms with Gasteiger partial charge < -0.3 is 9.13 Å². The number of aromatic nitrogens is 2. The molecule has 4 heterocycles. The normalized spacial score (nSPS) is 17.8. The van der Waals surface area contributed by atoms with Gasteiger partial charge in [-0.1, -0.05) is 126 Å². The van der Waals surface area contributed by atoms with E-state index in [0.29, 0.717) is 0 Å². The smallest absolute Gasteiger partial charge is 0.242 e. The third kappa shape index (κ3) is 4.56. The van der Waals surface area contributed by atoms with Gasteiger partial charge in [0, 0.05) is 44.4 Å². The first-order valence-electron chi connectivity index (χ1n) is 21.2. The minimum Gasteiger partial charge on any atom is -0.313 e. The highest BCUT2D eigenvalue weighted by Gasteiger charge is 2.49. The maximum absolute atomic E-state index is 2.63. The standard InChI is InChI=1S/C52H53BN2/c1-50(2,3)32-28-41-49-42(29-32)52(6,7)40-30-33(54-45-20-12-8-16-35(45)36-17-9-13-21-46(36)54)25-27-43(40)53(49)44-31-34(24-26-39(44)51(41,4)5)55-47-22-14-10-18-37(47)38-19-11-15-23-48(38)55/h8,10,12,14,16,18,20,22,24-31H,9,11,13,15,17,19,21,23H2,1-7H3. The number of benzene rings is 5. The molecule has 7 aromatic rings. The molecule has 2 aromatic heterocycles. The topological polar surface area (TPSA) is 9.86 Å². The van der Waals surface area contributed by atoms with Gasteiger partial charge in [0.25, 0.3) is 0 Å². The van der Waals surface area contributed by atoms with Crippen LogP contribution in [0, 0.1) is 0 Å². The Morgan fingerprint density at radius 1 is 0.509 bits per heavy atom. The van der Waals surface area contributed by atoms with Crippen LogP contribution in [-0.4, -0.2) is 15.8 Å². The fraction of sp³-hybridized carbons (Fsp3) is 0.346. The van der Waals surface area contributed by atoms with E-state index in [9.17, 15) is 0 Å². The van der Waals surface area contributed by atoms with E-state index >= 15 is 0 Å². The van der Waals surface area contributed by atoms with Crippen molar-refractivity contribution in [2.45, 2.75) is 116 Å². The van der Waals surface area contributed by atoms with E-state index in [-0.39, 0.29) is 23.0 Å². The molecule has 4 aliphatic rings. The molecule has 0 bridgehead atoms. The number of aryl methyl sites for hydroxylation is 2. The van der Waals surface area contributed by atoms with Gasteiger partial charge in [-0.15, -0.1) is 0 Å². The molecule has 0 amide bonds. The lowest BCUT2D eigenvalue weighted by Gasteiger charge is -2.47. The first kappa shape index (κ1) is 33.6. The molecule has 5 aromatic carbocycles. The summed E-state index contributed by atoms with van der Waals surface area (Å²) in [4.78, 5) is 0. The Bertz CT molecular complexity index is 2760. The van der Waals surface area contributed by atoms with E-state index in [1.807, 2.05) is 0 Å². The Kier molecular flexibility index (Phi) is 6.96. The average Bonchev–Trinajstić information content (AvgIpc) is 3.70. The van der Waals surface area contributed by atoms with Gasteiger partial charge in [-0.3, -0.25) is 0 Å². The maximum Gasteiger partial charge on any atom is 0.242 e. The van der Waals surface area contributed by atoms with Crippen LogP contribution < -0.4 is 16.4 Å². The van der Waals surface area contributed by atoms with Crippen molar-refractivity contribution in [3.8, 4) is 11.4 Å². The van der Waals surface area contributed by atoms with Gasteiger partial charge in [0.05, 0.1) is 11.0 Å². The molecule has 0 unspecified atom stereocenters. The van der Waals surface area contributed by atoms with Crippen LogP contribution in [0.15, 0.2) is 97.1 Å². The molecule has 0 fully saturated rings. The number of nitrogens with zero attached hydrogens (tertiary/aromatic N) is 2. The molecule has 0 N–H and O–H groups in total. The monoisotopic (exact) mass is 716 g/mol. The molecule has 2 nitrogen and oxygen atoms in total. The second kappa shape index (κ2) is 11.4. The number of rotatable bonds is 2. The fourth-order valence-corrected chi connectivity index (χ4v) is 11.8. The minimum absolute atomic E-state index is 0.0388. The Morgan fingerprint density at radius 3 is 1.60 bits per heavy atom. The molecule has 0 saturated carbocycles. The van der Waals surface area contributed by atoms with E-state index < -0.39 is 0 Å². The third-order valence-electron chi connectivity index (χ3n) is 14.6. The highest BCUT2D eigenvalue weighted by Crippen LogP contribution is 2.45. The molecular weight excluding hydrogens is 663 g/mol. The summed E-state index contributed by atoms with van der Waals surface area (Å²) in [5.41, 5.74) is 23.2. The third-order valence-corrected chi connectivity index (χ3v) is 14.6. The van der Waals surface area contributed by atoms with Gasteiger partial charge in [-0.2, -0.15) is 0 Å². The minimum atomic E-state index is -0.170. The van der Waals surface area contributed by atoms with E-state index in [4.69, 9.17) is 0 Å². The molecular formula is C52H53BN2. The summed E-state index contributed by atoms with van der Waals surface area (Å²) in [7, 11) is 0. The highest BCUT2D eigenvalue weighted by molar-refractivity contribution is 6.97. The second-order valence-corrected chi connectivity index (χ2v) is 19.4. The van der Waals surface area contributed by atoms with Gasteiger partial charge in [0.1, 0.15) is 0 Å². The van der Waals surface area contributed by atoms with Gasteiger partial charge in [0.15, 0.2) is 0 Å².